The van der Waals surface area contributed by atoms with Gasteiger partial charge in [0, 0.05) is 6.54 Å². The van der Waals surface area contributed by atoms with Gasteiger partial charge in [0.25, 0.3) is 0 Å². The lowest BCUT2D eigenvalue weighted by atomic mass is 10.1. The minimum absolute atomic E-state index is 0.224. The summed E-state index contributed by atoms with van der Waals surface area (Å²) in [4.78, 5) is 10.6. The number of rotatable bonds is 6. The largest absolute Gasteiger partial charge is 0.478 e. The molecule has 0 saturated carbocycles. The quantitative estimate of drug-likeness (QED) is 0.815. The smallest absolute Gasteiger partial charge is 0.335 e. The predicted molar refractivity (Wildman–Crippen MR) is 69.2 cm³/mol. The number of carboxylic acid groups (broad SMARTS) is 1. The molecule has 0 aromatic heterocycles. The SMILES string of the molecule is CC(C)S(=O)(=O)NCCc1ccc(C(=O)O)cc1. The average molecular weight is 271 g/mol. The molecule has 0 radical (unpaired) electrons. The molecular formula is C12H17NO4S. The number of aromatic carboxylic acids is 1. The van der Waals surface area contributed by atoms with Crippen molar-refractivity contribution in [2.75, 3.05) is 6.54 Å². The van der Waals surface area contributed by atoms with Crippen LogP contribution in [0.5, 0.6) is 0 Å². The number of carboxylic acids is 1. The van der Waals surface area contributed by atoms with Crippen molar-refractivity contribution >= 4 is 16.0 Å². The number of nitrogens with one attached hydrogen (secondary N) is 1. The van der Waals surface area contributed by atoms with E-state index in [0.29, 0.717) is 13.0 Å². The molecule has 0 heterocycles. The van der Waals surface area contributed by atoms with Gasteiger partial charge in [-0.15, -0.1) is 0 Å². The summed E-state index contributed by atoms with van der Waals surface area (Å²) in [7, 11) is -3.23. The van der Waals surface area contributed by atoms with Gasteiger partial charge in [-0.25, -0.2) is 17.9 Å². The summed E-state index contributed by atoms with van der Waals surface area (Å²) < 4.78 is 25.5. The zero-order valence-corrected chi connectivity index (χ0v) is 11.2. The van der Waals surface area contributed by atoms with E-state index in [1.54, 1.807) is 26.0 Å². The van der Waals surface area contributed by atoms with Crippen LogP contribution in [0.4, 0.5) is 0 Å². The van der Waals surface area contributed by atoms with Crippen LogP contribution in [-0.4, -0.2) is 31.3 Å². The first-order valence-electron chi connectivity index (χ1n) is 5.63. The number of benzene rings is 1. The molecule has 0 spiro atoms. The molecule has 2 N–H and O–H groups in total. The van der Waals surface area contributed by atoms with Gasteiger partial charge in [0.2, 0.25) is 10.0 Å². The fraction of sp³-hybridized carbons (Fsp3) is 0.417. The summed E-state index contributed by atoms with van der Waals surface area (Å²) in [6.07, 6.45) is 0.534. The van der Waals surface area contributed by atoms with E-state index < -0.39 is 21.2 Å². The standard InChI is InChI=1S/C12H17NO4S/c1-9(2)18(16,17)13-8-7-10-3-5-11(6-4-10)12(14)15/h3-6,9,13H,7-8H2,1-2H3,(H,14,15). The van der Waals surface area contributed by atoms with Crippen LogP contribution in [0, 0.1) is 0 Å². The van der Waals surface area contributed by atoms with E-state index >= 15 is 0 Å². The molecule has 0 bridgehead atoms. The third kappa shape index (κ3) is 4.12. The maximum absolute atomic E-state index is 11.5. The van der Waals surface area contributed by atoms with Crippen LogP contribution in [0.25, 0.3) is 0 Å². The highest BCUT2D eigenvalue weighted by atomic mass is 32.2. The molecule has 6 heteroatoms. The summed E-state index contributed by atoms with van der Waals surface area (Å²) in [5.41, 5.74) is 1.12. The van der Waals surface area contributed by atoms with Crippen molar-refractivity contribution in [2.24, 2.45) is 0 Å². The van der Waals surface area contributed by atoms with Gasteiger partial charge in [-0.1, -0.05) is 12.1 Å². The van der Waals surface area contributed by atoms with Crippen molar-refractivity contribution < 1.29 is 18.3 Å². The topological polar surface area (TPSA) is 83.5 Å². The Labute approximate surface area is 107 Å². The monoisotopic (exact) mass is 271 g/mol. The Balaban J connectivity index is 2.52. The Morgan fingerprint density at radius 3 is 2.28 bits per heavy atom. The van der Waals surface area contributed by atoms with Crippen LogP contribution in [0.2, 0.25) is 0 Å². The molecule has 0 aliphatic carbocycles. The van der Waals surface area contributed by atoms with E-state index in [2.05, 4.69) is 4.72 Å². The van der Waals surface area contributed by atoms with Gasteiger partial charge in [0.05, 0.1) is 10.8 Å². The second-order valence-electron chi connectivity index (χ2n) is 4.24. The Morgan fingerprint density at radius 1 is 1.28 bits per heavy atom. The molecule has 1 aromatic carbocycles. The van der Waals surface area contributed by atoms with Gasteiger partial charge in [-0.2, -0.15) is 0 Å². The fourth-order valence-electron chi connectivity index (χ4n) is 1.32. The van der Waals surface area contributed by atoms with Crippen molar-refractivity contribution in [3.63, 3.8) is 0 Å². The Kier molecular flexibility index (Phi) is 4.86. The van der Waals surface area contributed by atoms with Crippen molar-refractivity contribution in [3.8, 4) is 0 Å². The molecule has 100 valence electrons. The van der Waals surface area contributed by atoms with E-state index in [-0.39, 0.29) is 5.56 Å². The van der Waals surface area contributed by atoms with Crippen LogP contribution >= 0.6 is 0 Å². The van der Waals surface area contributed by atoms with E-state index in [4.69, 9.17) is 5.11 Å². The normalized spacial score (nSPS) is 11.7. The van der Waals surface area contributed by atoms with Gasteiger partial charge < -0.3 is 5.11 Å². The molecular weight excluding hydrogens is 254 g/mol. The van der Waals surface area contributed by atoms with Crippen LogP contribution in [0.1, 0.15) is 29.8 Å². The molecule has 0 saturated heterocycles. The molecule has 0 amide bonds. The Morgan fingerprint density at radius 2 is 1.83 bits per heavy atom. The molecule has 0 atom stereocenters. The molecule has 0 aliphatic heterocycles. The number of hydrogen-bond acceptors (Lipinski definition) is 3. The van der Waals surface area contributed by atoms with Gasteiger partial charge in [0.1, 0.15) is 0 Å². The lowest BCUT2D eigenvalue weighted by molar-refractivity contribution is 0.0697. The Hall–Kier alpha value is -1.40. The minimum Gasteiger partial charge on any atom is -0.478 e. The third-order valence-corrected chi connectivity index (χ3v) is 4.39. The second-order valence-corrected chi connectivity index (χ2v) is 6.56. The summed E-state index contributed by atoms with van der Waals surface area (Å²) in [5, 5.41) is 8.28. The number of sulfonamides is 1. The van der Waals surface area contributed by atoms with Crippen molar-refractivity contribution in [1.82, 2.24) is 4.72 Å². The second kappa shape index (κ2) is 5.97. The van der Waals surface area contributed by atoms with E-state index in [9.17, 15) is 13.2 Å². The third-order valence-electron chi connectivity index (χ3n) is 2.54. The zero-order valence-electron chi connectivity index (χ0n) is 10.4. The van der Waals surface area contributed by atoms with Crippen LogP contribution in [0.3, 0.4) is 0 Å². The van der Waals surface area contributed by atoms with Gasteiger partial charge in [-0.05, 0) is 38.0 Å². The number of hydrogen-bond donors (Lipinski definition) is 2. The highest BCUT2D eigenvalue weighted by Crippen LogP contribution is 2.05. The summed E-state index contributed by atoms with van der Waals surface area (Å²) in [6, 6.07) is 6.39. The average Bonchev–Trinajstić information content (AvgIpc) is 2.29. The van der Waals surface area contributed by atoms with Crippen LogP contribution in [0.15, 0.2) is 24.3 Å². The fourth-order valence-corrected chi connectivity index (χ4v) is 2.04. The highest BCUT2D eigenvalue weighted by Gasteiger charge is 2.14. The lowest BCUT2D eigenvalue weighted by Gasteiger charge is -2.09. The van der Waals surface area contributed by atoms with Gasteiger partial charge in [-0.3, -0.25) is 0 Å². The molecule has 1 rings (SSSR count). The first-order chi connectivity index (χ1) is 8.33. The maximum atomic E-state index is 11.5. The van der Waals surface area contributed by atoms with E-state index in [0.717, 1.165) is 5.56 Å². The van der Waals surface area contributed by atoms with Crippen LogP contribution < -0.4 is 4.72 Å². The Bertz CT molecular complexity index is 505. The molecule has 0 unspecified atom stereocenters. The van der Waals surface area contributed by atoms with Gasteiger partial charge >= 0.3 is 5.97 Å². The first kappa shape index (κ1) is 14.7. The highest BCUT2D eigenvalue weighted by molar-refractivity contribution is 7.90. The van der Waals surface area contributed by atoms with Crippen molar-refractivity contribution in [3.05, 3.63) is 35.4 Å². The molecule has 18 heavy (non-hydrogen) atoms. The summed E-state index contributed by atoms with van der Waals surface area (Å²) >= 11 is 0. The molecule has 0 aliphatic rings. The van der Waals surface area contributed by atoms with Crippen molar-refractivity contribution in [1.29, 1.82) is 0 Å². The van der Waals surface area contributed by atoms with Gasteiger partial charge in [0.15, 0.2) is 0 Å². The zero-order chi connectivity index (χ0) is 13.8. The minimum atomic E-state index is -3.23. The molecule has 5 nitrogen and oxygen atoms in total. The van der Waals surface area contributed by atoms with E-state index in [1.165, 1.54) is 12.1 Å². The summed E-state index contributed by atoms with van der Waals surface area (Å²) in [5.74, 6) is -0.970. The van der Waals surface area contributed by atoms with Crippen LogP contribution in [-0.2, 0) is 16.4 Å². The molecule has 1 aromatic rings. The number of carbonyl (C=O) groups is 1. The summed E-state index contributed by atoms with van der Waals surface area (Å²) in [6.45, 7) is 3.54. The lowest BCUT2D eigenvalue weighted by Crippen LogP contribution is -2.32. The predicted octanol–water partition coefficient (Wildman–Crippen LogP) is 1.26. The first-order valence-corrected chi connectivity index (χ1v) is 7.18. The molecule has 0 fully saturated rings. The van der Waals surface area contributed by atoms with Crippen molar-refractivity contribution in [2.45, 2.75) is 25.5 Å². The van der Waals surface area contributed by atoms with E-state index in [1.807, 2.05) is 0 Å². The maximum Gasteiger partial charge on any atom is 0.335 e.